The number of carbonyl (C=O) groups excluding carboxylic acids is 1. The Kier molecular flexibility index (Phi) is 2.32. The summed E-state index contributed by atoms with van der Waals surface area (Å²) >= 11 is 0. The summed E-state index contributed by atoms with van der Waals surface area (Å²) in [6.45, 7) is 0.643. The van der Waals surface area contributed by atoms with E-state index in [0.717, 1.165) is 6.42 Å². The molecule has 78 valence electrons. The Morgan fingerprint density at radius 3 is 2.73 bits per heavy atom. The van der Waals surface area contributed by atoms with E-state index in [1.54, 1.807) is 4.90 Å². The van der Waals surface area contributed by atoms with Gasteiger partial charge in [-0.15, -0.1) is 0 Å². The van der Waals surface area contributed by atoms with Gasteiger partial charge in [-0.3, -0.25) is 19.8 Å². The number of nitrogens with zero attached hydrogens (tertiary/aromatic N) is 3. The number of rotatable bonds is 2. The quantitative estimate of drug-likeness (QED) is 0.537. The lowest BCUT2D eigenvalue weighted by Crippen LogP contribution is -2.24. The molecule has 0 N–H and O–H groups in total. The van der Waals surface area contributed by atoms with Gasteiger partial charge in [-0.2, -0.15) is 0 Å². The summed E-state index contributed by atoms with van der Waals surface area (Å²) in [5.41, 5.74) is -0.0644. The van der Waals surface area contributed by atoms with Crippen molar-refractivity contribution in [3.8, 4) is 0 Å². The second-order valence-electron chi connectivity index (χ2n) is 3.28. The molecule has 1 amide bonds. The maximum absolute atomic E-state index is 11.3. The molecule has 0 radical (unpaired) electrons. The highest BCUT2D eigenvalue weighted by Crippen LogP contribution is 2.20. The minimum absolute atomic E-state index is 0.0244. The van der Waals surface area contributed by atoms with Gasteiger partial charge in [0.2, 0.25) is 5.91 Å². The molecule has 0 spiro atoms. The van der Waals surface area contributed by atoms with E-state index in [0.29, 0.717) is 18.8 Å². The summed E-state index contributed by atoms with van der Waals surface area (Å²) in [4.78, 5) is 26.7. The highest BCUT2D eigenvalue weighted by Gasteiger charge is 2.22. The van der Waals surface area contributed by atoms with E-state index in [9.17, 15) is 14.9 Å². The fourth-order valence-corrected chi connectivity index (χ4v) is 1.54. The minimum atomic E-state index is -0.511. The van der Waals surface area contributed by atoms with Gasteiger partial charge >= 0.3 is 0 Å². The molecule has 1 aromatic rings. The summed E-state index contributed by atoms with van der Waals surface area (Å²) < 4.78 is 0. The molecule has 2 rings (SSSR count). The lowest BCUT2D eigenvalue weighted by Gasteiger charge is -2.13. The van der Waals surface area contributed by atoms with Crippen molar-refractivity contribution in [1.82, 2.24) is 4.98 Å². The Bertz CT molecular complexity index is 402. The van der Waals surface area contributed by atoms with Crippen LogP contribution in [0, 0.1) is 10.1 Å². The maximum Gasteiger partial charge on any atom is 0.287 e. The van der Waals surface area contributed by atoms with Crippen LogP contribution in [0.2, 0.25) is 0 Å². The molecular formula is C9H9N3O3. The van der Waals surface area contributed by atoms with Crippen molar-refractivity contribution in [1.29, 1.82) is 0 Å². The van der Waals surface area contributed by atoms with Crippen LogP contribution in [-0.2, 0) is 4.79 Å². The number of aromatic nitrogens is 1. The first kappa shape index (κ1) is 9.57. The van der Waals surface area contributed by atoms with Gasteiger partial charge in [0.05, 0.1) is 4.92 Å². The van der Waals surface area contributed by atoms with E-state index in [1.165, 1.54) is 18.3 Å². The Morgan fingerprint density at radius 2 is 2.27 bits per heavy atom. The number of carbonyl (C=O) groups is 1. The van der Waals surface area contributed by atoms with Crippen molar-refractivity contribution < 1.29 is 9.72 Å². The van der Waals surface area contributed by atoms with Crippen molar-refractivity contribution in [3.05, 3.63) is 28.4 Å². The highest BCUT2D eigenvalue weighted by atomic mass is 16.6. The number of hydrogen-bond donors (Lipinski definition) is 0. The van der Waals surface area contributed by atoms with E-state index in [-0.39, 0.29) is 11.6 Å². The van der Waals surface area contributed by atoms with Crippen molar-refractivity contribution in [2.45, 2.75) is 12.8 Å². The molecule has 1 aromatic heterocycles. The normalized spacial score (nSPS) is 15.7. The molecule has 15 heavy (non-hydrogen) atoms. The molecule has 0 unspecified atom stereocenters. The monoisotopic (exact) mass is 207 g/mol. The fourth-order valence-electron chi connectivity index (χ4n) is 1.54. The maximum atomic E-state index is 11.3. The number of amides is 1. The van der Waals surface area contributed by atoms with Crippen LogP contribution in [0.25, 0.3) is 0 Å². The van der Waals surface area contributed by atoms with Crippen molar-refractivity contribution in [2.75, 3.05) is 11.4 Å². The summed E-state index contributed by atoms with van der Waals surface area (Å²) in [5.74, 6) is 0.513. The molecule has 0 atom stereocenters. The predicted molar refractivity (Wildman–Crippen MR) is 52.5 cm³/mol. The SMILES string of the molecule is O=C1CCCN1c1ccc([N+](=O)[O-])cn1. The van der Waals surface area contributed by atoms with Crippen LogP contribution in [0.1, 0.15) is 12.8 Å². The molecule has 0 aliphatic carbocycles. The van der Waals surface area contributed by atoms with E-state index < -0.39 is 4.92 Å². The summed E-state index contributed by atoms with van der Waals surface area (Å²) in [6.07, 6.45) is 2.51. The van der Waals surface area contributed by atoms with E-state index in [4.69, 9.17) is 0 Å². The average molecular weight is 207 g/mol. The van der Waals surface area contributed by atoms with Gasteiger partial charge < -0.3 is 0 Å². The molecular weight excluding hydrogens is 198 g/mol. The van der Waals surface area contributed by atoms with Crippen molar-refractivity contribution in [2.24, 2.45) is 0 Å². The van der Waals surface area contributed by atoms with Gasteiger partial charge in [0.25, 0.3) is 5.69 Å². The predicted octanol–water partition coefficient (Wildman–Crippen LogP) is 1.12. The molecule has 0 saturated carbocycles. The third-order valence-electron chi connectivity index (χ3n) is 2.29. The van der Waals surface area contributed by atoms with Crippen LogP contribution < -0.4 is 4.90 Å². The highest BCUT2D eigenvalue weighted by molar-refractivity contribution is 5.94. The third kappa shape index (κ3) is 1.78. The Balaban J connectivity index is 2.23. The molecule has 1 aliphatic rings. The first-order chi connectivity index (χ1) is 7.18. The standard InChI is InChI=1S/C9H9N3O3/c13-9-2-1-5-11(9)8-4-3-7(6-10-8)12(14)15/h3-4,6H,1-2,5H2. The van der Waals surface area contributed by atoms with Gasteiger partial charge in [0.1, 0.15) is 12.0 Å². The minimum Gasteiger partial charge on any atom is -0.297 e. The van der Waals surface area contributed by atoms with Crippen molar-refractivity contribution in [3.63, 3.8) is 0 Å². The molecule has 0 aromatic carbocycles. The zero-order valence-corrected chi connectivity index (χ0v) is 7.92. The molecule has 6 nitrogen and oxygen atoms in total. The fraction of sp³-hybridized carbons (Fsp3) is 0.333. The van der Waals surface area contributed by atoms with E-state index in [1.807, 2.05) is 0 Å². The van der Waals surface area contributed by atoms with E-state index in [2.05, 4.69) is 4.98 Å². The van der Waals surface area contributed by atoms with Crippen LogP contribution in [-0.4, -0.2) is 22.4 Å². The Hall–Kier alpha value is -1.98. The second-order valence-corrected chi connectivity index (χ2v) is 3.28. The van der Waals surface area contributed by atoms with Crippen LogP contribution in [0.4, 0.5) is 11.5 Å². The Labute approximate surface area is 85.7 Å². The van der Waals surface area contributed by atoms with Gasteiger partial charge in [0, 0.05) is 19.0 Å². The summed E-state index contributed by atoms with van der Waals surface area (Å²) in [6, 6.07) is 2.86. The molecule has 1 saturated heterocycles. The number of anilines is 1. The number of nitro groups is 1. The zero-order chi connectivity index (χ0) is 10.8. The Morgan fingerprint density at radius 1 is 1.47 bits per heavy atom. The average Bonchev–Trinajstić information content (AvgIpc) is 2.65. The van der Waals surface area contributed by atoms with Gasteiger partial charge in [-0.05, 0) is 12.5 Å². The smallest absolute Gasteiger partial charge is 0.287 e. The molecule has 1 aliphatic heterocycles. The molecule has 2 heterocycles. The summed E-state index contributed by atoms with van der Waals surface area (Å²) in [7, 11) is 0. The molecule has 1 fully saturated rings. The lowest BCUT2D eigenvalue weighted by atomic mass is 10.4. The molecule has 6 heteroatoms. The van der Waals surface area contributed by atoms with Crippen molar-refractivity contribution >= 4 is 17.4 Å². The van der Waals surface area contributed by atoms with Crippen LogP contribution in [0.5, 0.6) is 0 Å². The van der Waals surface area contributed by atoms with Crippen LogP contribution in [0.15, 0.2) is 18.3 Å². The van der Waals surface area contributed by atoms with Gasteiger partial charge in [-0.1, -0.05) is 0 Å². The topological polar surface area (TPSA) is 76.3 Å². The van der Waals surface area contributed by atoms with Crippen LogP contribution >= 0.6 is 0 Å². The number of hydrogen-bond acceptors (Lipinski definition) is 4. The largest absolute Gasteiger partial charge is 0.297 e. The number of pyridine rings is 1. The third-order valence-corrected chi connectivity index (χ3v) is 2.29. The first-order valence-electron chi connectivity index (χ1n) is 4.59. The van der Waals surface area contributed by atoms with E-state index >= 15 is 0 Å². The summed E-state index contributed by atoms with van der Waals surface area (Å²) in [5, 5.41) is 10.4. The first-order valence-corrected chi connectivity index (χ1v) is 4.59. The van der Waals surface area contributed by atoms with Crippen LogP contribution in [0.3, 0.4) is 0 Å². The van der Waals surface area contributed by atoms with Gasteiger partial charge in [0.15, 0.2) is 0 Å². The van der Waals surface area contributed by atoms with Gasteiger partial charge in [-0.25, -0.2) is 4.98 Å². The zero-order valence-electron chi connectivity index (χ0n) is 7.92. The second kappa shape index (κ2) is 3.64. The lowest BCUT2D eigenvalue weighted by molar-refractivity contribution is -0.385. The molecule has 0 bridgehead atoms.